The Morgan fingerprint density at radius 1 is 1.28 bits per heavy atom. The fourth-order valence-corrected chi connectivity index (χ4v) is 3.06. The zero-order valence-electron chi connectivity index (χ0n) is 13.7. The van der Waals surface area contributed by atoms with Crippen molar-refractivity contribution < 1.29 is 19.1 Å². The average Bonchev–Trinajstić information content (AvgIpc) is 3.09. The largest absolute Gasteiger partial charge is 0.496 e. The van der Waals surface area contributed by atoms with E-state index >= 15 is 0 Å². The highest BCUT2D eigenvalue weighted by Gasteiger charge is 2.17. The number of fused-ring (bicyclic) bond motifs is 1. The van der Waals surface area contributed by atoms with Crippen LogP contribution in [0.3, 0.4) is 0 Å². The van der Waals surface area contributed by atoms with Crippen LogP contribution in [0.1, 0.15) is 18.4 Å². The Labute approximate surface area is 148 Å². The van der Waals surface area contributed by atoms with Crippen LogP contribution < -0.4 is 4.74 Å². The predicted molar refractivity (Wildman–Crippen MR) is 95.6 cm³/mol. The molecule has 0 radical (unpaired) electrons. The zero-order valence-corrected chi connectivity index (χ0v) is 14.5. The summed E-state index contributed by atoms with van der Waals surface area (Å²) in [5.74, 6) is -0.0101. The lowest BCUT2D eigenvalue weighted by atomic mass is 10.0. The van der Waals surface area contributed by atoms with E-state index in [1.165, 1.54) is 0 Å². The molecule has 0 unspecified atom stereocenters. The number of carboxylic acids is 1. The van der Waals surface area contributed by atoms with Crippen LogP contribution in [0, 0.1) is 0 Å². The van der Waals surface area contributed by atoms with E-state index in [0.717, 1.165) is 22.5 Å². The number of benzene rings is 2. The second-order valence-electron chi connectivity index (χ2n) is 5.13. The van der Waals surface area contributed by atoms with Gasteiger partial charge in [0.15, 0.2) is 0 Å². The van der Waals surface area contributed by atoms with Crippen molar-refractivity contribution in [3.05, 3.63) is 52.8 Å². The molecular formula is C18H16N2O4S. The minimum atomic E-state index is -1.07. The van der Waals surface area contributed by atoms with E-state index in [9.17, 15) is 9.90 Å². The molecule has 128 valence electrons. The second kappa shape index (κ2) is 7.40. The van der Waals surface area contributed by atoms with Crippen LogP contribution in [-0.4, -0.2) is 28.4 Å². The van der Waals surface area contributed by atoms with E-state index in [1.807, 2.05) is 43.3 Å². The predicted octanol–water partition coefficient (Wildman–Crippen LogP) is 4.01. The molecule has 2 aromatic carbocycles. The minimum Gasteiger partial charge on any atom is -0.496 e. The van der Waals surface area contributed by atoms with Crippen molar-refractivity contribution >= 4 is 34.6 Å². The Morgan fingerprint density at radius 2 is 2.08 bits per heavy atom. The van der Waals surface area contributed by atoms with Crippen molar-refractivity contribution in [1.29, 1.82) is 0 Å². The van der Waals surface area contributed by atoms with Gasteiger partial charge in [-0.1, -0.05) is 37.3 Å². The maximum atomic E-state index is 11.7. The Hall–Kier alpha value is -2.80. The summed E-state index contributed by atoms with van der Waals surface area (Å²) in [5, 5.41) is 19.4. The van der Waals surface area contributed by atoms with Crippen molar-refractivity contribution in [3.63, 3.8) is 0 Å². The molecule has 0 aliphatic rings. The van der Waals surface area contributed by atoms with Crippen LogP contribution in [-0.2, 0) is 11.2 Å². The van der Waals surface area contributed by atoms with Crippen LogP contribution in [0.15, 0.2) is 50.9 Å². The summed E-state index contributed by atoms with van der Waals surface area (Å²) in [6.07, 6.45) is 2.17. The number of hydrogen-bond donors (Lipinski definition) is 1. The molecule has 0 aliphatic carbocycles. The molecule has 0 atom stereocenters. The molecule has 0 fully saturated rings. The second-order valence-corrected chi connectivity index (χ2v) is 6.13. The zero-order chi connectivity index (χ0) is 17.8. The summed E-state index contributed by atoms with van der Waals surface area (Å²) in [4.78, 5) is 11.8. The van der Waals surface area contributed by atoms with E-state index in [4.69, 9.17) is 9.15 Å². The summed E-state index contributed by atoms with van der Waals surface area (Å²) in [6.45, 7) is 1.89. The first-order valence-corrected chi connectivity index (χ1v) is 8.45. The SMILES string of the molecule is CCc1nnc(S/C(=C\c2c(OC)ccc3ccccc23)C(=O)O)o1. The van der Waals surface area contributed by atoms with Crippen LogP contribution in [0.2, 0.25) is 0 Å². The van der Waals surface area contributed by atoms with Crippen LogP contribution in [0.25, 0.3) is 16.8 Å². The van der Waals surface area contributed by atoms with Gasteiger partial charge in [0, 0.05) is 12.0 Å². The molecule has 0 bridgehead atoms. The number of methoxy groups -OCH3 is 1. The Bertz CT molecular complexity index is 949. The van der Waals surface area contributed by atoms with Gasteiger partial charge in [0.1, 0.15) is 10.7 Å². The lowest BCUT2D eigenvalue weighted by Crippen LogP contribution is -1.98. The molecule has 0 amide bonds. The summed E-state index contributed by atoms with van der Waals surface area (Å²) >= 11 is 0.921. The molecule has 0 aliphatic heterocycles. The lowest BCUT2D eigenvalue weighted by Gasteiger charge is -2.09. The van der Waals surface area contributed by atoms with Gasteiger partial charge in [-0.15, -0.1) is 10.2 Å². The van der Waals surface area contributed by atoms with E-state index in [1.54, 1.807) is 13.2 Å². The lowest BCUT2D eigenvalue weighted by molar-refractivity contribution is -0.131. The third kappa shape index (κ3) is 3.66. The van der Waals surface area contributed by atoms with Crippen molar-refractivity contribution in [1.82, 2.24) is 10.2 Å². The molecule has 3 aromatic rings. The number of thioether (sulfide) groups is 1. The number of hydrogen-bond acceptors (Lipinski definition) is 6. The van der Waals surface area contributed by atoms with Crippen LogP contribution >= 0.6 is 11.8 Å². The first-order valence-electron chi connectivity index (χ1n) is 7.63. The highest BCUT2D eigenvalue weighted by molar-refractivity contribution is 8.03. The normalized spacial score (nSPS) is 11.7. The molecule has 25 heavy (non-hydrogen) atoms. The number of aliphatic carboxylic acids is 1. The number of rotatable bonds is 6. The Balaban J connectivity index is 2.08. The first kappa shape index (κ1) is 17.0. The summed E-state index contributed by atoms with van der Waals surface area (Å²) in [7, 11) is 1.56. The third-order valence-corrected chi connectivity index (χ3v) is 4.44. The third-order valence-electron chi connectivity index (χ3n) is 3.58. The van der Waals surface area contributed by atoms with Gasteiger partial charge in [-0.05, 0) is 34.7 Å². The maximum Gasteiger partial charge on any atom is 0.342 e. The van der Waals surface area contributed by atoms with E-state index < -0.39 is 5.97 Å². The van der Waals surface area contributed by atoms with Gasteiger partial charge in [0.05, 0.1) is 7.11 Å². The number of carboxylic acid groups (broad SMARTS) is 1. The standard InChI is InChI=1S/C18H16N2O4S/c1-3-16-19-20-18(24-16)25-15(17(21)22)10-13-12-7-5-4-6-11(12)8-9-14(13)23-2/h4-10H,3H2,1-2H3,(H,21,22)/b15-10-. The summed E-state index contributed by atoms with van der Waals surface area (Å²) in [6, 6.07) is 11.5. The fraction of sp³-hybridized carbons (Fsp3) is 0.167. The van der Waals surface area contributed by atoms with Gasteiger partial charge in [0.2, 0.25) is 5.89 Å². The van der Waals surface area contributed by atoms with Gasteiger partial charge in [-0.25, -0.2) is 4.79 Å². The van der Waals surface area contributed by atoms with Gasteiger partial charge in [0.25, 0.3) is 5.22 Å². The van der Waals surface area contributed by atoms with Gasteiger partial charge in [-0.3, -0.25) is 0 Å². The molecular weight excluding hydrogens is 340 g/mol. The Kier molecular flexibility index (Phi) is 5.04. The van der Waals surface area contributed by atoms with Crippen molar-refractivity contribution in [3.8, 4) is 5.75 Å². The number of carbonyl (C=O) groups is 1. The monoisotopic (exact) mass is 356 g/mol. The Morgan fingerprint density at radius 3 is 2.76 bits per heavy atom. The molecule has 1 N–H and O–H groups in total. The topological polar surface area (TPSA) is 85.5 Å². The van der Waals surface area contributed by atoms with E-state index in [0.29, 0.717) is 23.6 Å². The molecule has 0 saturated carbocycles. The highest BCUT2D eigenvalue weighted by Crippen LogP contribution is 2.34. The molecule has 0 saturated heterocycles. The summed E-state index contributed by atoms with van der Waals surface area (Å²) in [5.41, 5.74) is 0.695. The maximum absolute atomic E-state index is 11.7. The molecule has 1 heterocycles. The van der Waals surface area contributed by atoms with Crippen LogP contribution in [0.4, 0.5) is 0 Å². The smallest absolute Gasteiger partial charge is 0.342 e. The van der Waals surface area contributed by atoms with Gasteiger partial charge < -0.3 is 14.3 Å². The number of nitrogens with zero attached hydrogens (tertiary/aromatic N) is 2. The quantitative estimate of drug-likeness (QED) is 0.527. The van der Waals surface area contributed by atoms with Crippen molar-refractivity contribution in [2.24, 2.45) is 0 Å². The van der Waals surface area contributed by atoms with Crippen molar-refractivity contribution in [2.45, 2.75) is 18.6 Å². The van der Waals surface area contributed by atoms with Gasteiger partial charge >= 0.3 is 5.97 Å². The number of aryl methyl sites for hydroxylation is 1. The minimum absolute atomic E-state index is 0.0703. The highest BCUT2D eigenvalue weighted by atomic mass is 32.2. The molecule has 0 spiro atoms. The molecule has 6 nitrogen and oxygen atoms in total. The fourth-order valence-electron chi connectivity index (χ4n) is 2.38. The van der Waals surface area contributed by atoms with E-state index in [-0.39, 0.29) is 10.1 Å². The number of ether oxygens (including phenoxy) is 1. The molecule has 7 heteroatoms. The summed E-state index contributed by atoms with van der Waals surface area (Å²) < 4.78 is 10.8. The van der Waals surface area contributed by atoms with Crippen LogP contribution in [0.5, 0.6) is 5.75 Å². The average molecular weight is 356 g/mol. The molecule has 3 rings (SSSR count). The van der Waals surface area contributed by atoms with Crippen molar-refractivity contribution in [2.75, 3.05) is 7.11 Å². The molecule has 1 aromatic heterocycles. The van der Waals surface area contributed by atoms with E-state index in [2.05, 4.69) is 10.2 Å². The first-order chi connectivity index (χ1) is 12.1. The van der Waals surface area contributed by atoms with Gasteiger partial charge in [-0.2, -0.15) is 0 Å². The number of aromatic nitrogens is 2.